The predicted octanol–water partition coefficient (Wildman–Crippen LogP) is 2.10. The number of rotatable bonds is 7. The molecule has 5 heteroatoms. The highest BCUT2D eigenvalue weighted by atomic mass is 16.3. The van der Waals surface area contributed by atoms with Gasteiger partial charge in [-0.3, -0.25) is 9.59 Å². The third kappa shape index (κ3) is 5.21. The second-order valence-corrected chi connectivity index (χ2v) is 5.85. The minimum atomic E-state index is -0.144. The molecule has 1 unspecified atom stereocenters. The number of carbonyl (C=O) groups excluding carboxylic acids is 2. The summed E-state index contributed by atoms with van der Waals surface area (Å²) < 4.78 is 0. The Balaban J connectivity index is 1.87. The van der Waals surface area contributed by atoms with Gasteiger partial charge in [-0.15, -0.1) is 0 Å². The third-order valence-electron chi connectivity index (χ3n) is 3.89. The molecule has 1 aliphatic rings. The number of carbonyl (C=O) groups is 2. The van der Waals surface area contributed by atoms with Gasteiger partial charge in [0, 0.05) is 37.4 Å². The van der Waals surface area contributed by atoms with Gasteiger partial charge in [0.2, 0.25) is 11.8 Å². The average Bonchev–Trinajstić information content (AvgIpc) is 2.97. The van der Waals surface area contributed by atoms with E-state index in [2.05, 4.69) is 5.32 Å². The van der Waals surface area contributed by atoms with E-state index in [1.165, 1.54) is 6.08 Å². The molecular formula is C18H24N2O3. The lowest BCUT2D eigenvalue weighted by atomic mass is 10.1. The fourth-order valence-corrected chi connectivity index (χ4v) is 2.62. The number of hydrogen-bond acceptors (Lipinski definition) is 3. The maximum atomic E-state index is 11.8. The summed E-state index contributed by atoms with van der Waals surface area (Å²) in [6.07, 6.45) is 6.23. The van der Waals surface area contributed by atoms with Crippen LogP contribution in [-0.4, -0.2) is 36.1 Å². The van der Waals surface area contributed by atoms with Crippen LogP contribution in [0.25, 0.3) is 6.08 Å². The van der Waals surface area contributed by atoms with E-state index in [0.717, 1.165) is 30.6 Å². The molecule has 2 N–H and O–H groups in total. The Labute approximate surface area is 137 Å². The lowest BCUT2D eigenvalue weighted by Gasteiger charge is -2.15. The monoisotopic (exact) mass is 316 g/mol. The van der Waals surface area contributed by atoms with Crippen molar-refractivity contribution in [1.82, 2.24) is 5.32 Å². The van der Waals surface area contributed by atoms with Crippen molar-refractivity contribution in [3.05, 3.63) is 35.9 Å². The Kier molecular flexibility index (Phi) is 6.35. The Morgan fingerprint density at radius 3 is 2.74 bits per heavy atom. The van der Waals surface area contributed by atoms with Crippen LogP contribution in [0.2, 0.25) is 0 Å². The number of nitrogens with one attached hydrogen (secondary N) is 1. The largest absolute Gasteiger partial charge is 0.396 e. The fraction of sp³-hybridized carbons (Fsp3) is 0.444. The van der Waals surface area contributed by atoms with Crippen LogP contribution in [0.1, 0.15) is 38.2 Å². The van der Waals surface area contributed by atoms with Gasteiger partial charge in [-0.05, 0) is 50.0 Å². The van der Waals surface area contributed by atoms with E-state index in [1.807, 2.05) is 31.2 Å². The fourth-order valence-electron chi connectivity index (χ4n) is 2.62. The summed E-state index contributed by atoms with van der Waals surface area (Å²) in [5.74, 6) is 0.0266. The van der Waals surface area contributed by atoms with Crippen LogP contribution >= 0.6 is 0 Å². The van der Waals surface area contributed by atoms with Crippen molar-refractivity contribution in [1.29, 1.82) is 0 Å². The zero-order chi connectivity index (χ0) is 16.7. The molecule has 1 aromatic rings. The molecule has 0 radical (unpaired) electrons. The molecule has 0 aliphatic carbocycles. The quantitative estimate of drug-likeness (QED) is 0.757. The normalized spacial score (nSPS) is 16.1. The summed E-state index contributed by atoms with van der Waals surface area (Å²) in [6, 6.07) is 7.66. The first-order valence-electron chi connectivity index (χ1n) is 8.10. The maximum Gasteiger partial charge on any atom is 0.244 e. The highest BCUT2D eigenvalue weighted by Gasteiger charge is 2.21. The predicted molar refractivity (Wildman–Crippen MR) is 91.0 cm³/mol. The van der Waals surface area contributed by atoms with E-state index in [0.29, 0.717) is 12.8 Å². The third-order valence-corrected chi connectivity index (χ3v) is 3.89. The molecule has 2 amide bonds. The molecule has 0 aromatic heterocycles. The topological polar surface area (TPSA) is 69.6 Å². The lowest BCUT2D eigenvalue weighted by molar-refractivity contribution is -0.117. The smallest absolute Gasteiger partial charge is 0.244 e. The Bertz CT molecular complexity index is 566. The zero-order valence-corrected chi connectivity index (χ0v) is 13.5. The van der Waals surface area contributed by atoms with E-state index in [1.54, 1.807) is 11.0 Å². The minimum Gasteiger partial charge on any atom is -0.396 e. The molecule has 1 saturated heterocycles. The van der Waals surface area contributed by atoms with Crippen LogP contribution in [-0.2, 0) is 9.59 Å². The van der Waals surface area contributed by atoms with Gasteiger partial charge in [-0.2, -0.15) is 0 Å². The number of aliphatic hydroxyl groups excluding tert-OH is 1. The van der Waals surface area contributed by atoms with Crippen molar-refractivity contribution < 1.29 is 14.7 Å². The van der Waals surface area contributed by atoms with Gasteiger partial charge < -0.3 is 15.3 Å². The summed E-state index contributed by atoms with van der Waals surface area (Å²) >= 11 is 0. The molecule has 124 valence electrons. The van der Waals surface area contributed by atoms with Crippen molar-refractivity contribution in [2.75, 3.05) is 18.1 Å². The molecule has 1 heterocycles. The molecular weight excluding hydrogens is 292 g/mol. The Hall–Kier alpha value is -2.14. The highest BCUT2D eigenvalue weighted by molar-refractivity contribution is 5.95. The first-order chi connectivity index (χ1) is 11.1. The standard InChI is InChI=1S/C18H24N2O3/c1-14(4-3-13-21)19-17(22)11-8-15-6-9-16(10-7-15)20-12-2-5-18(20)23/h6-11,14,21H,2-5,12-13H2,1H3,(H,19,22)/b11-8+. The van der Waals surface area contributed by atoms with Crippen molar-refractivity contribution in [3.63, 3.8) is 0 Å². The summed E-state index contributed by atoms with van der Waals surface area (Å²) in [4.78, 5) is 25.3. The van der Waals surface area contributed by atoms with E-state index in [-0.39, 0.29) is 24.5 Å². The molecule has 1 atom stereocenters. The second-order valence-electron chi connectivity index (χ2n) is 5.85. The first kappa shape index (κ1) is 17.2. The van der Waals surface area contributed by atoms with Crippen LogP contribution < -0.4 is 10.2 Å². The van der Waals surface area contributed by atoms with Crippen molar-refractivity contribution >= 4 is 23.6 Å². The number of aliphatic hydroxyl groups is 1. The summed E-state index contributed by atoms with van der Waals surface area (Å²) in [5, 5.41) is 11.6. The average molecular weight is 316 g/mol. The molecule has 1 fully saturated rings. The zero-order valence-electron chi connectivity index (χ0n) is 13.5. The van der Waals surface area contributed by atoms with E-state index in [4.69, 9.17) is 5.11 Å². The summed E-state index contributed by atoms with van der Waals surface area (Å²) in [5.41, 5.74) is 1.82. The molecule has 1 aliphatic heterocycles. The molecule has 0 bridgehead atoms. The Morgan fingerprint density at radius 2 is 2.13 bits per heavy atom. The van der Waals surface area contributed by atoms with E-state index in [9.17, 15) is 9.59 Å². The summed E-state index contributed by atoms with van der Waals surface area (Å²) in [6.45, 7) is 2.84. The van der Waals surface area contributed by atoms with Gasteiger partial charge in [0.1, 0.15) is 0 Å². The van der Waals surface area contributed by atoms with Gasteiger partial charge in [0.25, 0.3) is 0 Å². The van der Waals surface area contributed by atoms with Crippen molar-refractivity contribution in [2.24, 2.45) is 0 Å². The maximum absolute atomic E-state index is 11.8. The number of amides is 2. The van der Waals surface area contributed by atoms with Gasteiger partial charge in [-0.25, -0.2) is 0 Å². The molecule has 0 spiro atoms. The molecule has 1 aromatic carbocycles. The molecule has 5 nitrogen and oxygen atoms in total. The number of nitrogens with zero attached hydrogens (tertiary/aromatic N) is 1. The first-order valence-corrected chi connectivity index (χ1v) is 8.10. The van der Waals surface area contributed by atoms with Crippen LogP contribution in [0.3, 0.4) is 0 Å². The van der Waals surface area contributed by atoms with Gasteiger partial charge in [-0.1, -0.05) is 12.1 Å². The SMILES string of the molecule is CC(CCCO)NC(=O)/C=C/c1ccc(N2CCCC2=O)cc1. The number of benzene rings is 1. The van der Waals surface area contributed by atoms with Crippen LogP contribution in [0.4, 0.5) is 5.69 Å². The Morgan fingerprint density at radius 1 is 1.39 bits per heavy atom. The number of anilines is 1. The van der Waals surface area contributed by atoms with E-state index < -0.39 is 0 Å². The summed E-state index contributed by atoms with van der Waals surface area (Å²) in [7, 11) is 0. The van der Waals surface area contributed by atoms with E-state index >= 15 is 0 Å². The van der Waals surface area contributed by atoms with Crippen molar-refractivity contribution in [2.45, 2.75) is 38.6 Å². The van der Waals surface area contributed by atoms with Gasteiger partial charge in [0.15, 0.2) is 0 Å². The second kappa shape index (κ2) is 8.48. The van der Waals surface area contributed by atoms with Gasteiger partial charge >= 0.3 is 0 Å². The lowest BCUT2D eigenvalue weighted by Crippen LogP contribution is -2.31. The van der Waals surface area contributed by atoms with Crippen LogP contribution in [0.15, 0.2) is 30.3 Å². The minimum absolute atomic E-state index is 0.0443. The van der Waals surface area contributed by atoms with Crippen molar-refractivity contribution in [3.8, 4) is 0 Å². The number of hydrogen-bond donors (Lipinski definition) is 2. The van der Waals surface area contributed by atoms with Crippen LogP contribution in [0, 0.1) is 0 Å². The van der Waals surface area contributed by atoms with Crippen LogP contribution in [0.5, 0.6) is 0 Å². The van der Waals surface area contributed by atoms with Gasteiger partial charge in [0.05, 0.1) is 0 Å². The highest BCUT2D eigenvalue weighted by Crippen LogP contribution is 2.21. The molecule has 0 saturated carbocycles. The molecule has 23 heavy (non-hydrogen) atoms. The molecule has 2 rings (SSSR count).